The number of aromatic nitrogens is 2. The van der Waals surface area contributed by atoms with E-state index < -0.39 is 6.43 Å². The molecular weight excluding hydrogens is 410 g/mol. The number of hydrogen-bond donors (Lipinski definition) is 3. The number of nitrogens with one attached hydrogen (secondary N) is 2. The van der Waals surface area contributed by atoms with Gasteiger partial charge >= 0.3 is 0 Å². The molecular formula is C24H32F2N6. The fraction of sp³-hybridized carbons (Fsp3) is 0.458. The van der Waals surface area contributed by atoms with E-state index in [0.29, 0.717) is 28.2 Å². The summed E-state index contributed by atoms with van der Waals surface area (Å²) in [5.41, 5.74) is 6.85. The highest BCUT2D eigenvalue weighted by molar-refractivity contribution is 6.08. The molecule has 0 bridgehead atoms. The van der Waals surface area contributed by atoms with Gasteiger partial charge in [0.2, 0.25) is 0 Å². The van der Waals surface area contributed by atoms with E-state index in [1.165, 1.54) is 12.3 Å². The van der Waals surface area contributed by atoms with Crippen molar-refractivity contribution in [1.82, 2.24) is 15.5 Å². The molecule has 0 amide bonds. The van der Waals surface area contributed by atoms with Crippen molar-refractivity contribution in [2.45, 2.75) is 64.1 Å². The van der Waals surface area contributed by atoms with Gasteiger partial charge in [0.1, 0.15) is 0 Å². The van der Waals surface area contributed by atoms with Crippen molar-refractivity contribution in [2.24, 2.45) is 5.73 Å². The van der Waals surface area contributed by atoms with Gasteiger partial charge in [-0.05, 0) is 64.3 Å². The summed E-state index contributed by atoms with van der Waals surface area (Å²) in [4.78, 5) is 2.13. The molecule has 2 aromatic rings. The van der Waals surface area contributed by atoms with Crippen molar-refractivity contribution >= 4 is 17.6 Å². The zero-order chi connectivity index (χ0) is 23.7. The maximum absolute atomic E-state index is 13.8. The van der Waals surface area contributed by atoms with E-state index in [0.717, 1.165) is 19.1 Å². The molecule has 0 aliphatic carbocycles. The molecule has 3 rings (SSSR count). The molecule has 0 atom stereocenters. The van der Waals surface area contributed by atoms with E-state index in [4.69, 9.17) is 11.1 Å². The van der Waals surface area contributed by atoms with Crippen LogP contribution in [0.4, 0.5) is 14.6 Å². The molecule has 1 aromatic carbocycles. The lowest BCUT2D eigenvalue weighted by molar-refractivity contribution is 0.152. The minimum atomic E-state index is -2.70. The van der Waals surface area contributed by atoms with Crippen molar-refractivity contribution in [3.63, 3.8) is 0 Å². The number of nitrogens with zero attached hydrogens (tertiary/aromatic N) is 3. The SMILES string of the molecule is CN(c1ccc(-c2ccc(/C(C=N)=C/N)cc2C(F)F)nn1)C1CC(C)(C)NC(C)(C)C1. The van der Waals surface area contributed by atoms with Crippen molar-refractivity contribution in [2.75, 3.05) is 11.9 Å². The van der Waals surface area contributed by atoms with Gasteiger partial charge in [-0.3, -0.25) is 0 Å². The smallest absolute Gasteiger partial charge is 0.264 e. The van der Waals surface area contributed by atoms with Crippen LogP contribution in [0.2, 0.25) is 0 Å². The number of anilines is 1. The molecule has 0 unspecified atom stereocenters. The molecule has 32 heavy (non-hydrogen) atoms. The summed E-state index contributed by atoms with van der Waals surface area (Å²) >= 11 is 0. The molecule has 0 spiro atoms. The van der Waals surface area contributed by atoms with Gasteiger partial charge in [-0.25, -0.2) is 8.78 Å². The van der Waals surface area contributed by atoms with Crippen molar-refractivity contribution in [3.8, 4) is 11.3 Å². The van der Waals surface area contributed by atoms with Gasteiger partial charge in [0.25, 0.3) is 6.43 Å². The lowest BCUT2D eigenvalue weighted by Gasteiger charge is -2.49. The molecule has 1 fully saturated rings. The first-order chi connectivity index (χ1) is 15.0. The van der Waals surface area contributed by atoms with Crippen LogP contribution in [0.5, 0.6) is 0 Å². The predicted molar refractivity (Wildman–Crippen MR) is 126 cm³/mol. The molecule has 1 aliphatic rings. The Morgan fingerprint density at radius 2 is 1.81 bits per heavy atom. The van der Waals surface area contributed by atoms with Crippen LogP contribution in [0.3, 0.4) is 0 Å². The first-order valence-electron chi connectivity index (χ1n) is 10.7. The van der Waals surface area contributed by atoms with E-state index in [-0.39, 0.29) is 22.7 Å². The molecule has 172 valence electrons. The Kier molecular flexibility index (Phi) is 6.64. The van der Waals surface area contributed by atoms with Crippen LogP contribution in [0.25, 0.3) is 16.8 Å². The Hall–Kier alpha value is -2.87. The van der Waals surface area contributed by atoms with Gasteiger partial charge in [-0.1, -0.05) is 12.1 Å². The second-order valence-electron chi connectivity index (χ2n) is 9.71. The van der Waals surface area contributed by atoms with Crippen LogP contribution < -0.4 is 16.0 Å². The second-order valence-corrected chi connectivity index (χ2v) is 9.71. The van der Waals surface area contributed by atoms with E-state index in [9.17, 15) is 8.78 Å². The summed E-state index contributed by atoms with van der Waals surface area (Å²) in [6.45, 7) is 8.79. The van der Waals surface area contributed by atoms with Gasteiger partial charge < -0.3 is 21.4 Å². The number of halogens is 2. The number of allylic oxidation sites excluding steroid dienone is 1. The van der Waals surface area contributed by atoms with Crippen LogP contribution in [-0.2, 0) is 0 Å². The monoisotopic (exact) mass is 442 g/mol. The third-order valence-electron chi connectivity index (χ3n) is 5.96. The molecule has 1 aliphatic heterocycles. The minimum absolute atomic E-state index is 0.00470. The Morgan fingerprint density at radius 3 is 2.31 bits per heavy atom. The Labute approximate surface area is 188 Å². The molecule has 1 aromatic heterocycles. The third kappa shape index (κ3) is 5.12. The first-order valence-corrected chi connectivity index (χ1v) is 10.7. The van der Waals surface area contributed by atoms with E-state index in [1.54, 1.807) is 18.2 Å². The molecule has 0 saturated carbocycles. The fourth-order valence-electron chi connectivity index (χ4n) is 4.77. The number of benzene rings is 1. The van der Waals surface area contributed by atoms with Gasteiger partial charge in [-0.2, -0.15) is 0 Å². The maximum atomic E-state index is 13.8. The Morgan fingerprint density at radius 1 is 1.16 bits per heavy atom. The summed E-state index contributed by atoms with van der Waals surface area (Å²) in [6, 6.07) is 8.43. The van der Waals surface area contributed by atoms with Gasteiger partial charge in [0.15, 0.2) is 5.82 Å². The van der Waals surface area contributed by atoms with Crippen LogP contribution in [-0.4, -0.2) is 40.6 Å². The molecule has 6 nitrogen and oxygen atoms in total. The van der Waals surface area contributed by atoms with Crippen molar-refractivity contribution < 1.29 is 8.78 Å². The minimum Gasteiger partial charge on any atom is -0.404 e. The summed E-state index contributed by atoms with van der Waals surface area (Å²) in [7, 11) is 2.00. The summed E-state index contributed by atoms with van der Waals surface area (Å²) in [5, 5.41) is 19.7. The van der Waals surface area contributed by atoms with Crippen LogP contribution in [0.1, 0.15) is 58.1 Å². The largest absolute Gasteiger partial charge is 0.404 e. The number of piperidine rings is 1. The molecule has 2 heterocycles. The lowest BCUT2D eigenvalue weighted by atomic mass is 9.79. The van der Waals surface area contributed by atoms with Crippen molar-refractivity contribution in [1.29, 1.82) is 5.41 Å². The lowest BCUT2D eigenvalue weighted by Crippen LogP contribution is -2.62. The normalized spacial score (nSPS) is 18.6. The molecule has 0 radical (unpaired) electrons. The van der Waals surface area contributed by atoms with Gasteiger partial charge in [-0.15, -0.1) is 10.2 Å². The number of rotatable bonds is 6. The number of hydrogen-bond acceptors (Lipinski definition) is 6. The summed E-state index contributed by atoms with van der Waals surface area (Å²) in [5.74, 6) is 0.708. The number of nitrogens with two attached hydrogens (primary N) is 1. The number of alkyl halides is 2. The highest BCUT2D eigenvalue weighted by Crippen LogP contribution is 2.34. The summed E-state index contributed by atoms with van der Waals surface area (Å²) in [6.07, 6.45) is 1.48. The maximum Gasteiger partial charge on any atom is 0.264 e. The molecule has 8 heteroatoms. The average Bonchev–Trinajstić information content (AvgIpc) is 2.72. The molecule has 4 N–H and O–H groups in total. The quantitative estimate of drug-likeness (QED) is 0.560. The predicted octanol–water partition coefficient (Wildman–Crippen LogP) is 4.78. The molecule has 1 saturated heterocycles. The van der Waals surface area contributed by atoms with Crippen LogP contribution in [0, 0.1) is 5.41 Å². The highest BCUT2D eigenvalue weighted by atomic mass is 19.3. The Bertz CT molecular complexity index is 982. The van der Waals surface area contributed by atoms with Crippen molar-refractivity contribution in [3.05, 3.63) is 47.7 Å². The van der Waals surface area contributed by atoms with E-state index in [1.807, 2.05) is 13.1 Å². The standard InChI is InChI=1S/C24H32F2N6/c1-23(2)11-17(12-24(3,4)31-23)32(5)21-9-8-20(29-30-21)18-7-6-15(16(13-27)14-28)10-19(18)22(25)26/h6-10,13-14,17,22,27,31H,11-12,28H2,1-5H3/b16-14+,27-13?. The summed E-state index contributed by atoms with van der Waals surface area (Å²) < 4.78 is 27.6. The van der Waals surface area contributed by atoms with Crippen LogP contribution >= 0.6 is 0 Å². The first kappa shape index (κ1) is 23.8. The Balaban J connectivity index is 1.89. The second kappa shape index (κ2) is 8.94. The third-order valence-corrected chi connectivity index (χ3v) is 5.96. The fourth-order valence-corrected chi connectivity index (χ4v) is 4.77. The average molecular weight is 443 g/mol. The topological polar surface area (TPSA) is 90.9 Å². The van der Waals surface area contributed by atoms with Gasteiger partial charge in [0, 0.05) is 53.3 Å². The van der Waals surface area contributed by atoms with E-state index in [2.05, 4.69) is 48.1 Å². The zero-order valence-corrected chi connectivity index (χ0v) is 19.3. The highest BCUT2D eigenvalue weighted by Gasteiger charge is 2.39. The zero-order valence-electron chi connectivity index (χ0n) is 19.3. The van der Waals surface area contributed by atoms with Crippen LogP contribution in [0.15, 0.2) is 36.5 Å². The van der Waals surface area contributed by atoms with E-state index >= 15 is 0 Å². The van der Waals surface area contributed by atoms with Gasteiger partial charge in [0.05, 0.1) is 5.69 Å².